The monoisotopic (exact) mass is 514 g/mol. The van der Waals surface area contributed by atoms with Crippen LogP contribution < -0.4 is 4.74 Å². The van der Waals surface area contributed by atoms with E-state index in [0.29, 0.717) is 50.0 Å². The summed E-state index contributed by atoms with van der Waals surface area (Å²) >= 11 is 0. The van der Waals surface area contributed by atoms with Gasteiger partial charge in [0.1, 0.15) is 11.8 Å². The summed E-state index contributed by atoms with van der Waals surface area (Å²) in [6.07, 6.45) is 9.70. The number of ether oxygens (including phenoxy) is 1. The Morgan fingerprint density at radius 2 is 1.73 bits per heavy atom. The molecule has 8 nitrogen and oxygen atoms in total. The average Bonchev–Trinajstić information content (AvgIpc) is 3.44. The van der Waals surface area contributed by atoms with E-state index in [1.54, 1.807) is 27.8 Å². The zero-order chi connectivity index (χ0) is 26.8. The van der Waals surface area contributed by atoms with Crippen LogP contribution >= 0.6 is 0 Å². The van der Waals surface area contributed by atoms with Crippen LogP contribution in [-0.4, -0.2) is 104 Å². The van der Waals surface area contributed by atoms with Crippen molar-refractivity contribution in [1.29, 1.82) is 0 Å². The molecule has 8 heteroatoms. The molecule has 2 aliphatic rings. The Hall–Kier alpha value is -2.61. The molecule has 1 aliphatic heterocycles. The zero-order valence-corrected chi connectivity index (χ0v) is 23.3. The first-order valence-electron chi connectivity index (χ1n) is 14.0. The van der Waals surface area contributed by atoms with Gasteiger partial charge in [-0.05, 0) is 70.5 Å². The fraction of sp³-hybridized carbons (Fsp3) is 0.690. The quantitative estimate of drug-likeness (QED) is 0.495. The molecule has 0 aromatic heterocycles. The molecule has 0 spiro atoms. The van der Waals surface area contributed by atoms with Crippen molar-refractivity contribution in [2.75, 3.05) is 54.4 Å². The minimum Gasteiger partial charge on any atom is -0.493 e. The molecule has 0 radical (unpaired) electrons. The molecule has 0 unspecified atom stereocenters. The SMILES string of the molecule is CN(CCCC[C@H]1C(=O)N(C)CCCCCOc2ccccc2C(=O)N1C)C(=O)CN(C)C1CCCC1. The van der Waals surface area contributed by atoms with Crippen molar-refractivity contribution in [3.8, 4) is 5.75 Å². The van der Waals surface area contributed by atoms with Gasteiger partial charge < -0.3 is 19.4 Å². The lowest BCUT2D eigenvalue weighted by atomic mass is 10.0. The van der Waals surface area contributed by atoms with Crippen molar-refractivity contribution < 1.29 is 19.1 Å². The van der Waals surface area contributed by atoms with E-state index in [1.807, 2.05) is 39.3 Å². The van der Waals surface area contributed by atoms with Crippen LogP contribution in [-0.2, 0) is 9.59 Å². The number of para-hydroxylation sites is 1. The van der Waals surface area contributed by atoms with E-state index in [-0.39, 0.29) is 17.7 Å². The summed E-state index contributed by atoms with van der Waals surface area (Å²) in [5.41, 5.74) is 0.487. The predicted molar refractivity (Wildman–Crippen MR) is 146 cm³/mol. The molecule has 1 aromatic rings. The summed E-state index contributed by atoms with van der Waals surface area (Å²) in [5, 5.41) is 0. The van der Waals surface area contributed by atoms with Crippen LogP contribution in [0.1, 0.15) is 74.6 Å². The van der Waals surface area contributed by atoms with Crippen molar-refractivity contribution in [3.05, 3.63) is 29.8 Å². The molecule has 1 aliphatic carbocycles. The van der Waals surface area contributed by atoms with Crippen molar-refractivity contribution in [2.45, 2.75) is 76.3 Å². The van der Waals surface area contributed by atoms with Gasteiger partial charge in [0.05, 0.1) is 18.7 Å². The third-order valence-electron chi connectivity index (χ3n) is 7.94. The number of fused-ring (bicyclic) bond motifs is 1. The summed E-state index contributed by atoms with van der Waals surface area (Å²) in [7, 11) is 7.44. The largest absolute Gasteiger partial charge is 0.493 e. The fourth-order valence-corrected chi connectivity index (χ4v) is 5.38. The minimum absolute atomic E-state index is 0.0314. The minimum atomic E-state index is -0.555. The third-order valence-corrected chi connectivity index (χ3v) is 7.94. The predicted octanol–water partition coefficient (Wildman–Crippen LogP) is 3.65. The molecular weight excluding hydrogens is 468 g/mol. The van der Waals surface area contributed by atoms with E-state index in [1.165, 1.54) is 25.7 Å². The van der Waals surface area contributed by atoms with Gasteiger partial charge in [-0.2, -0.15) is 0 Å². The Labute approximate surface area is 222 Å². The van der Waals surface area contributed by atoms with E-state index in [0.717, 1.165) is 32.1 Å². The zero-order valence-electron chi connectivity index (χ0n) is 23.3. The molecular formula is C29H46N4O4. The second-order valence-corrected chi connectivity index (χ2v) is 10.8. The van der Waals surface area contributed by atoms with Crippen LogP contribution in [0.15, 0.2) is 24.3 Å². The maximum Gasteiger partial charge on any atom is 0.258 e. The van der Waals surface area contributed by atoms with Gasteiger partial charge >= 0.3 is 0 Å². The van der Waals surface area contributed by atoms with Crippen LogP contribution in [0.5, 0.6) is 5.75 Å². The molecule has 1 aromatic carbocycles. The lowest BCUT2D eigenvalue weighted by Gasteiger charge is -2.31. The van der Waals surface area contributed by atoms with Gasteiger partial charge in [0.15, 0.2) is 0 Å². The number of unbranched alkanes of at least 4 members (excludes halogenated alkanes) is 1. The van der Waals surface area contributed by atoms with E-state index < -0.39 is 6.04 Å². The lowest BCUT2D eigenvalue weighted by Crippen LogP contribution is -2.48. The molecule has 206 valence electrons. The van der Waals surface area contributed by atoms with Gasteiger partial charge in [-0.25, -0.2) is 0 Å². The second-order valence-electron chi connectivity index (χ2n) is 10.8. The first-order chi connectivity index (χ1) is 17.8. The highest BCUT2D eigenvalue weighted by Crippen LogP contribution is 2.24. The van der Waals surface area contributed by atoms with E-state index in [9.17, 15) is 14.4 Å². The van der Waals surface area contributed by atoms with Gasteiger partial charge in [-0.3, -0.25) is 19.3 Å². The summed E-state index contributed by atoms with van der Waals surface area (Å²) in [6, 6.07) is 7.24. The molecule has 3 rings (SSSR count). The summed E-state index contributed by atoms with van der Waals surface area (Å²) in [5.74, 6) is 0.469. The first kappa shape index (κ1) is 29.0. The number of benzene rings is 1. The molecule has 0 N–H and O–H groups in total. The molecule has 1 atom stereocenters. The number of amides is 3. The number of carbonyl (C=O) groups excluding carboxylic acids is 3. The van der Waals surface area contributed by atoms with Crippen LogP contribution in [0.25, 0.3) is 0 Å². The van der Waals surface area contributed by atoms with Gasteiger partial charge in [0.2, 0.25) is 11.8 Å². The number of nitrogens with zero attached hydrogens (tertiary/aromatic N) is 4. The number of hydrogen-bond acceptors (Lipinski definition) is 5. The second kappa shape index (κ2) is 14.4. The van der Waals surface area contributed by atoms with Crippen molar-refractivity contribution in [2.24, 2.45) is 0 Å². The van der Waals surface area contributed by atoms with Crippen LogP contribution in [0.4, 0.5) is 0 Å². The molecule has 1 fully saturated rings. The van der Waals surface area contributed by atoms with Gasteiger partial charge in [0, 0.05) is 40.3 Å². The van der Waals surface area contributed by atoms with Crippen LogP contribution in [0.3, 0.4) is 0 Å². The van der Waals surface area contributed by atoms with Crippen molar-refractivity contribution >= 4 is 17.7 Å². The van der Waals surface area contributed by atoms with Crippen molar-refractivity contribution in [3.63, 3.8) is 0 Å². The van der Waals surface area contributed by atoms with E-state index >= 15 is 0 Å². The lowest BCUT2D eigenvalue weighted by molar-refractivity contribution is -0.135. The number of likely N-dealkylation sites (N-methyl/N-ethyl adjacent to an activating group) is 4. The highest BCUT2D eigenvalue weighted by molar-refractivity contribution is 5.99. The van der Waals surface area contributed by atoms with E-state index in [2.05, 4.69) is 4.90 Å². The Bertz CT molecular complexity index is 902. The normalized spacial score (nSPS) is 20.2. The molecule has 0 bridgehead atoms. The summed E-state index contributed by atoms with van der Waals surface area (Å²) < 4.78 is 5.93. The number of hydrogen-bond donors (Lipinski definition) is 0. The van der Waals surface area contributed by atoms with Gasteiger partial charge in [-0.1, -0.05) is 25.0 Å². The molecule has 1 heterocycles. The Kier molecular flexibility index (Phi) is 11.2. The standard InChI is InChI=1S/C29H46N4O4/c1-30(27(34)22-32(3)23-14-6-7-15-23)19-12-10-17-25-29(36)31(2)20-11-5-13-21-37-26-18-9-8-16-24(26)28(35)33(25)4/h8-9,16,18,23,25H,5-7,10-15,17,19-22H2,1-4H3/t25-/m0/s1. The summed E-state index contributed by atoms with van der Waals surface area (Å²) in [4.78, 5) is 46.9. The van der Waals surface area contributed by atoms with Crippen molar-refractivity contribution in [1.82, 2.24) is 19.6 Å². The Balaban J connectivity index is 1.60. The van der Waals surface area contributed by atoms with Gasteiger partial charge in [-0.15, -0.1) is 0 Å². The smallest absolute Gasteiger partial charge is 0.258 e. The topological polar surface area (TPSA) is 73.4 Å². The maximum atomic E-state index is 13.5. The highest BCUT2D eigenvalue weighted by Gasteiger charge is 2.31. The number of carbonyl (C=O) groups is 3. The molecule has 3 amide bonds. The molecule has 37 heavy (non-hydrogen) atoms. The summed E-state index contributed by atoms with van der Waals surface area (Å²) in [6.45, 7) is 2.31. The molecule has 1 saturated carbocycles. The first-order valence-corrected chi connectivity index (χ1v) is 14.0. The maximum absolute atomic E-state index is 13.5. The Morgan fingerprint density at radius 3 is 2.49 bits per heavy atom. The number of rotatable bonds is 8. The van der Waals surface area contributed by atoms with Crippen LogP contribution in [0.2, 0.25) is 0 Å². The van der Waals surface area contributed by atoms with E-state index in [4.69, 9.17) is 4.74 Å². The Morgan fingerprint density at radius 1 is 1.00 bits per heavy atom. The third kappa shape index (κ3) is 8.19. The van der Waals surface area contributed by atoms with Crippen LogP contribution in [0, 0.1) is 0 Å². The molecule has 0 saturated heterocycles. The fourth-order valence-electron chi connectivity index (χ4n) is 5.38. The highest BCUT2D eigenvalue weighted by atomic mass is 16.5. The van der Waals surface area contributed by atoms with Gasteiger partial charge in [0.25, 0.3) is 5.91 Å². The average molecular weight is 515 g/mol.